The topological polar surface area (TPSA) is 57.7 Å². The normalized spacial score (nSPS) is 28.7. The number of allylic oxidation sites excluding steroid dienone is 3. The molecule has 3 aliphatic rings. The average Bonchev–Trinajstić information content (AvgIpc) is 3.16. The molecule has 0 radical (unpaired) electrons. The molecule has 124 valence electrons. The van der Waals surface area contributed by atoms with Crippen LogP contribution in [-0.4, -0.2) is 46.7 Å². The van der Waals surface area contributed by atoms with Gasteiger partial charge in [0.25, 0.3) is 5.91 Å². The third-order valence-corrected chi connectivity index (χ3v) is 5.69. The van der Waals surface area contributed by atoms with Crippen LogP contribution < -0.4 is 0 Å². The zero-order chi connectivity index (χ0) is 16.6. The molecule has 0 aromatic heterocycles. The minimum Gasteiger partial charge on any atom is -0.313 e. The van der Waals surface area contributed by atoms with Gasteiger partial charge in [0.05, 0.1) is 6.54 Å². The Balaban J connectivity index is 1.80. The molecule has 1 atom stereocenters. The fraction of sp³-hybridized carbons (Fsp3) is 0.611. The molecule has 0 N–H and O–H groups in total. The Kier molecular flexibility index (Phi) is 4.13. The van der Waals surface area contributed by atoms with Gasteiger partial charge >= 0.3 is 6.03 Å². The second-order valence-corrected chi connectivity index (χ2v) is 6.94. The highest BCUT2D eigenvalue weighted by Gasteiger charge is 2.56. The Morgan fingerprint density at radius 2 is 1.96 bits per heavy atom. The van der Waals surface area contributed by atoms with E-state index in [2.05, 4.69) is 0 Å². The van der Waals surface area contributed by atoms with Gasteiger partial charge in [-0.1, -0.05) is 37.5 Å². The van der Waals surface area contributed by atoms with Crippen molar-refractivity contribution < 1.29 is 14.4 Å². The maximum atomic E-state index is 13.0. The number of carbonyl (C=O) groups is 3. The van der Waals surface area contributed by atoms with Crippen molar-refractivity contribution in [2.24, 2.45) is 5.92 Å². The van der Waals surface area contributed by atoms with E-state index in [9.17, 15) is 14.4 Å². The van der Waals surface area contributed by atoms with Crippen molar-refractivity contribution in [1.29, 1.82) is 0 Å². The molecule has 0 bridgehead atoms. The van der Waals surface area contributed by atoms with E-state index in [1.807, 2.05) is 19.1 Å². The lowest BCUT2D eigenvalue weighted by Gasteiger charge is -2.38. The van der Waals surface area contributed by atoms with Crippen molar-refractivity contribution in [3.8, 4) is 0 Å². The zero-order valence-corrected chi connectivity index (χ0v) is 13.9. The highest BCUT2D eigenvalue weighted by molar-refractivity contribution is 6.11. The van der Waals surface area contributed by atoms with Crippen LogP contribution in [0, 0.1) is 5.92 Å². The lowest BCUT2D eigenvalue weighted by Crippen LogP contribution is -2.52. The van der Waals surface area contributed by atoms with Crippen LogP contribution in [-0.2, 0) is 9.59 Å². The number of imide groups is 1. The number of likely N-dealkylation sites (N-methyl/N-ethyl adjacent to an activating group) is 1. The Morgan fingerprint density at radius 1 is 1.26 bits per heavy atom. The van der Waals surface area contributed by atoms with E-state index in [1.54, 1.807) is 18.0 Å². The van der Waals surface area contributed by atoms with Gasteiger partial charge in [-0.2, -0.15) is 0 Å². The fourth-order valence-electron chi connectivity index (χ4n) is 4.04. The van der Waals surface area contributed by atoms with Crippen LogP contribution in [0.5, 0.6) is 0 Å². The number of urea groups is 1. The Labute approximate surface area is 137 Å². The summed E-state index contributed by atoms with van der Waals surface area (Å²) in [6.45, 7) is 1.71. The van der Waals surface area contributed by atoms with E-state index in [0.29, 0.717) is 5.57 Å². The van der Waals surface area contributed by atoms with Gasteiger partial charge < -0.3 is 4.90 Å². The van der Waals surface area contributed by atoms with E-state index in [-0.39, 0.29) is 30.2 Å². The molecule has 1 aliphatic heterocycles. The lowest BCUT2D eigenvalue weighted by atomic mass is 9.75. The van der Waals surface area contributed by atoms with Gasteiger partial charge in [-0.05, 0) is 32.1 Å². The van der Waals surface area contributed by atoms with Crippen LogP contribution >= 0.6 is 0 Å². The standard InChI is InChI=1S/C18H24N2O3/c1-18(14-10-4-3-5-11-14)16(22)20(17(23)19(18)2)12-15(21)13-8-6-7-9-13/h6,8-9,14H,3-5,7,10-12H2,1-2H3. The number of carbonyl (C=O) groups excluding carboxylic acids is 3. The summed E-state index contributed by atoms with van der Waals surface area (Å²) in [6, 6.07) is -0.348. The summed E-state index contributed by atoms with van der Waals surface area (Å²) in [5.74, 6) is -0.196. The van der Waals surface area contributed by atoms with Gasteiger partial charge in [-0.3, -0.25) is 14.5 Å². The van der Waals surface area contributed by atoms with Crippen molar-refractivity contribution in [3.63, 3.8) is 0 Å². The Hall–Kier alpha value is -1.91. The number of hydrogen-bond acceptors (Lipinski definition) is 3. The number of rotatable bonds is 4. The second-order valence-electron chi connectivity index (χ2n) is 6.94. The molecule has 5 heteroatoms. The molecular weight excluding hydrogens is 292 g/mol. The first-order valence-corrected chi connectivity index (χ1v) is 8.46. The molecular formula is C18H24N2O3. The van der Waals surface area contributed by atoms with Gasteiger partial charge in [-0.25, -0.2) is 4.79 Å². The smallest absolute Gasteiger partial charge is 0.313 e. The van der Waals surface area contributed by atoms with Crippen molar-refractivity contribution in [2.45, 2.75) is 51.0 Å². The molecule has 5 nitrogen and oxygen atoms in total. The van der Waals surface area contributed by atoms with Gasteiger partial charge in [-0.15, -0.1) is 0 Å². The Morgan fingerprint density at radius 3 is 2.57 bits per heavy atom. The molecule has 1 saturated heterocycles. The summed E-state index contributed by atoms with van der Waals surface area (Å²) >= 11 is 0. The van der Waals surface area contributed by atoms with E-state index in [4.69, 9.17) is 0 Å². The largest absolute Gasteiger partial charge is 0.327 e. The van der Waals surface area contributed by atoms with Crippen LogP contribution in [0.25, 0.3) is 0 Å². The molecule has 1 unspecified atom stereocenters. The lowest BCUT2D eigenvalue weighted by molar-refractivity contribution is -0.137. The summed E-state index contributed by atoms with van der Waals surface area (Å²) in [7, 11) is 1.69. The van der Waals surface area contributed by atoms with Crippen LogP contribution in [0.1, 0.15) is 45.4 Å². The first-order chi connectivity index (χ1) is 11.0. The molecule has 3 rings (SSSR count). The molecule has 23 heavy (non-hydrogen) atoms. The summed E-state index contributed by atoms with van der Waals surface area (Å²) < 4.78 is 0. The SMILES string of the molecule is CN1C(=O)N(CC(=O)C2=CCC=C2)C(=O)C1(C)C1CCCCC1. The van der Waals surface area contributed by atoms with Crippen molar-refractivity contribution in [2.75, 3.05) is 13.6 Å². The molecule has 3 amide bonds. The van der Waals surface area contributed by atoms with Gasteiger partial charge in [0, 0.05) is 12.6 Å². The van der Waals surface area contributed by atoms with Crippen LogP contribution in [0.4, 0.5) is 4.79 Å². The number of hydrogen-bond donors (Lipinski definition) is 0. The van der Waals surface area contributed by atoms with Crippen molar-refractivity contribution in [1.82, 2.24) is 9.80 Å². The summed E-state index contributed by atoms with van der Waals surface area (Å²) in [6.07, 6.45) is 11.6. The third-order valence-electron chi connectivity index (χ3n) is 5.69. The molecule has 2 fully saturated rings. The molecule has 0 aromatic carbocycles. The summed E-state index contributed by atoms with van der Waals surface area (Å²) in [4.78, 5) is 40.5. The van der Waals surface area contributed by atoms with Gasteiger partial charge in [0.15, 0.2) is 5.78 Å². The van der Waals surface area contributed by atoms with E-state index >= 15 is 0 Å². The quantitative estimate of drug-likeness (QED) is 0.749. The van der Waals surface area contributed by atoms with E-state index < -0.39 is 5.54 Å². The zero-order valence-electron chi connectivity index (χ0n) is 13.9. The predicted octanol–water partition coefficient (Wildman–Crippen LogP) is 2.67. The van der Waals surface area contributed by atoms with E-state index in [0.717, 1.165) is 37.0 Å². The highest BCUT2D eigenvalue weighted by atomic mass is 16.2. The first kappa shape index (κ1) is 16.0. The second kappa shape index (κ2) is 5.95. The highest BCUT2D eigenvalue weighted by Crippen LogP contribution is 2.40. The van der Waals surface area contributed by atoms with Crippen molar-refractivity contribution >= 4 is 17.7 Å². The van der Waals surface area contributed by atoms with Gasteiger partial charge in [0.1, 0.15) is 5.54 Å². The van der Waals surface area contributed by atoms with E-state index in [1.165, 1.54) is 6.42 Å². The first-order valence-electron chi connectivity index (χ1n) is 8.46. The predicted molar refractivity (Wildman–Crippen MR) is 86.7 cm³/mol. The average molecular weight is 316 g/mol. The Bertz CT molecular complexity index is 601. The fourth-order valence-corrected chi connectivity index (χ4v) is 4.04. The van der Waals surface area contributed by atoms with Crippen LogP contribution in [0.2, 0.25) is 0 Å². The summed E-state index contributed by atoms with van der Waals surface area (Å²) in [5, 5.41) is 0. The molecule has 1 saturated carbocycles. The minimum atomic E-state index is -0.808. The molecule has 0 spiro atoms. The minimum absolute atomic E-state index is 0.152. The maximum Gasteiger partial charge on any atom is 0.327 e. The maximum absolute atomic E-state index is 13.0. The number of ketones is 1. The molecule has 2 aliphatic carbocycles. The summed E-state index contributed by atoms with van der Waals surface area (Å²) in [5.41, 5.74) is -0.211. The number of amides is 3. The monoisotopic (exact) mass is 316 g/mol. The van der Waals surface area contributed by atoms with Crippen LogP contribution in [0.15, 0.2) is 23.8 Å². The van der Waals surface area contributed by atoms with Crippen LogP contribution in [0.3, 0.4) is 0 Å². The molecule has 1 heterocycles. The number of nitrogens with zero attached hydrogens (tertiary/aromatic N) is 2. The third kappa shape index (κ3) is 2.52. The molecule has 0 aromatic rings. The van der Waals surface area contributed by atoms with Crippen molar-refractivity contribution in [3.05, 3.63) is 23.8 Å². The number of Topliss-reactive ketones (excluding diaryl/α,β-unsaturated/α-hetero) is 1. The van der Waals surface area contributed by atoms with Gasteiger partial charge in [0.2, 0.25) is 0 Å².